The Morgan fingerprint density at radius 1 is 0.797 bits per heavy atom. The number of hydrogen-bond donors (Lipinski definition) is 3. The molecule has 9 rings (SSSR count). The molecule has 5 aliphatic rings. The van der Waals surface area contributed by atoms with Crippen molar-refractivity contribution >= 4 is 35.4 Å². The maximum Gasteiger partial charge on any atom is 0.407 e. The number of nitrogens with one attached hydrogen (secondary N) is 3. The number of aliphatic imine (C=N–C) groups is 1. The fourth-order valence-electron chi connectivity index (χ4n) is 10.2. The number of alkyl halides is 2. The summed E-state index contributed by atoms with van der Waals surface area (Å²) >= 11 is 0. The minimum Gasteiger partial charge on any atom is -0.453 e. The first-order valence-corrected chi connectivity index (χ1v) is 22.2. The molecule has 1 aromatic heterocycles. The number of amides is 4. The van der Waals surface area contributed by atoms with Gasteiger partial charge in [0.05, 0.1) is 43.9 Å². The van der Waals surface area contributed by atoms with E-state index in [1.165, 1.54) is 20.3 Å². The van der Waals surface area contributed by atoms with E-state index in [9.17, 15) is 19.2 Å². The second-order valence-electron chi connectivity index (χ2n) is 17.7. The van der Waals surface area contributed by atoms with Crippen molar-refractivity contribution in [2.24, 2.45) is 16.8 Å². The highest BCUT2D eigenvalue weighted by molar-refractivity contribution is 6.01. The van der Waals surface area contributed by atoms with Crippen molar-refractivity contribution in [2.45, 2.75) is 88.9 Å². The summed E-state index contributed by atoms with van der Waals surface area (Å²) < 4.78 is 48.3. The standard InChI is InChI=1S/C48H53F2N7O7/c1-26(2)41(54-46(60)62-3)44(58)57-18-6-8-40(57)43-51-25-38(53-43)30-10-13-33-32-12-9-29(22-34(32)48(49,50)35(33)23-30)28-11-14-36-31(21-28)24-37(52-36)39-7-5-17-56(39)45(59)42(55-47(61)63-4)27-15-19-64-20-16-27/h9-14,21-23,25-27,39-42H,5-8,15-20,24H2,1-4H3,(H,51,53)(H,54,60)(H,55,61)/t39-,40-,41-,42-/m0/s1. The van der Waals surface area contributed by atoms with Crippen molar-refractivity contribution in [3.8, 4) is 33.5 Å². The van der Waals surface area contributed by atoms with Crippen LogP contribution in [0, 0.1) is 11.8 Å². The van der Waals surface area contributed by atoms with Crippen LogP contribution in [0.5, 0.6) is 0 Å². The zero-order valence-corrected chi connectivity index (χ0v) is 36.4. The predicted octanol–water partition coefficient (Wildman–Crippen LogP) is 7.68. The Balaban J connectivity index is 0.904. The van der Waals surface area contributed by atoms with Crippen molar-refractivity contribution < 1.29 is 42.2 Å². The van der Waals surface area contributed by atoms with E-state index in [1.54, 1.807) is 35.4 Å². The molecule has 0 spiro atoms. The number of aromatic amines is 1. The van der Waals surface area contributed by atoms with Gasteiger partial charge in [0.1, 0.15) is 17.9 Å². The largest absolute Gasteiger partial charge is 0.453 e. The van der Waals surface area contributed by atoms with Gasteiger partial charge in [0, 0.05) is 55.1 Å². The molecule has 3 saturated heterocycles. The summed E-state index contributed by atoms with van der Waals surface area (Å²) in [6.07, 6.45) is 5.11. The summed E-state index contributed by atoms with van der Waals surface area (Å²) in [5, 5.41) is 5.46. The van der Waals surface area contributed by atoms with E-state index < -0.39 is 30.2 Å². The summed E-state index contributed by atoms with van der Waals surface area (Å²) in [5.74, 6) is -3.35. The van der Waals surface area contributed by atoms with E-state index >= 15 is 8.78 Å². The smallest absolute Gasteiger partial charge is 0.407 e. The topological polar surface area (TPSA) is 168 Å². The molecule has 5 heterocycles. The Labute approximate surface area is 370 Å². The van der Waals surface area contributed by atoms with E-state index in [0.717, 1.165) is 41.8 Å². The summed E-state index contributed by atoms with van der Waals surface area (Å²) in [6, 6.07) is 14.0. The number of benzene rings is 3. The summed E-state index contributed by atoms with van der Waals surface area (Å²) in [7, 11) is 2.54. The van der Waals surface area contributed by atoms with Crippen LogP contribution in [0.15, 0.2) is 65.8 Å². The Bertz CT molecular complexity index is 2520. The molecule has 1 aliphatic carbocycles. The molecule has 0 radical (unpaired) electrons. The van der Waals surface area contributed by atoms with Crippen LogP contribution in [0.1, 0.15) is 80.9 Å². The summed E-state index contributed by atoms with van der Waals surface area (Å²) in [4.78, 5) is 68.6. The van der Waals surface area contributed by atoms with Crippen LogP contribution in [0.4, 0.5) is 24.1 Å². The Hall–Kier alpha value is -6.16. The van der Waals surface area contributed by atoms with Crippen LogP contribution in [-0.4, -0.2) is 108 Å². The monoisotopic (exact) mass is 877 g/mol. The highest BCUT2D eigenvalue weighted by Gasteiger charge is 2.46. The second-order valence-corrected chi connectivity index (χ2v) is 17.7. The first kappa shape index (κ1) is 43.1. The Kier molecular flexibility index (Phi) is 11.7. The molecule has 336 valence electrons. The minimum absolute atomic E-state index is 0.0671. The summed E-state index contributed by atoms with van der Waals surface area (Å²) in [5.41, 5.74) is 5.95. The number of rotatable bonds is 10. The number of nitrogens with zero attached hydrogens (tertiary/aromatic N) is 4. The van der Waals surface area contributed by atoms with Crippen molar-refractivity contribution in [2.75, 3.05) is 40.5 Å². The highest BCUT2D eigenvalue weighted by Crippen LogP contribution is 2.53. The lowest BCUT2D eigenvalue weighted by atomic mass is 9.90. The molecule has 4 atom stereocenters. The van der Waals surface area contributed by atoms with Gasteiger partial charge in [0.15, 0.2) is 0 Å². The molecule has 16 heteroatoms. The lowest BCUT2D eigenvalue weighted by molar-refractivity contribution is -0.136. The molecular weight excluding hydrogens is 825 g/mol. The number of ether oxygens (including phenoxy) is 3. The van der Waals surface area contributed by atoms with Gasteiger partial charge < -0.3 is 39.6 Å². The molecule has 3 N–H and O–H groups in total. The first-order valence-electron chi connectivity index (χ1n) is 22.2. The summed E-state index contributed by atoms with van der Waals surface area (Å²) in [6.45, 7) is 5.81. The van der Waals surface area contributed by atoms with Crippen LogP contribution in [0.2, 0.25) is 0 Å². The van der Waals surface area contributed by atoms with Gasteiger partial charge in [-0.25, -0.2) is 14.6 Å². The van der Waals surface area contributed by atoms with Crippen LogP contribution in [-0.2, 0) is 36.1 Å². The zero-order valence-electron chi connectivity index (χ0n) is 36.4. The quantitative estimate of drug-likeness (QED) is 0.146. The van der Waals surface area contributed by atoms with E-state index in [0.29, 0.717) is 85.8 Å². The predicted molar refractivity (Wildman–Crippen MR) is 234 cm³/mol. The third kappa shape index (κ3) is 7.90. The number of halogens is 2. The maximum atomic E-state index is 16.6. The number of fused-ring (bicyclic) bond motifs is 4. The van der Waals surface area contributed by atoms with Crippen molar-refractivity contribution in [3.05, 3.63) is 83.3 Å². The Morgan fingerprint density at radius 3 is 2.09 bits per heavy atom. The van der Waals surface area contributed by atoms with Gasteiger partial charge in [0.25, 0.3) is 5.92 Å². The lowest BCUT2D eigenvalue weighted by Crippen LogP contribution is -2.55. The first-order chi connectivity index (χ1) is 30.9. The third-order valence-corrected chi connectivity index (χ3v) is 13.6. The molecule has 14 nitrogen and oxygen atoms in total. The van der Waals surface area contributed by atoms with Crippen LogP contribution in [0.25, 0.3) is 33.5 Å². The van der Waals surface area contributed by atoms with Gasteiger partial charge in [-0.15, -0.1) is 0 Å². The normalized spacial score (nSPS) is 20.9. The number of likely N-dealkylation sites (tertiary alicyclic amines) is 2. The van der Waals surface area contributed by atoms with Crippen molar-refractivity contribution in [1.29, 1.82) is 0 Å². The van der Waals surface area contributed by atoms with Crippen molar-refractivity contribution in [3.63, 3.8) is 0 Å². The van der Waals surface area contributed by atoms with Gasteiger partial charge in [-0.1, -0.05) is 44.2 Å². The fraction of sp³-hybridized carbons (Fsp3) is 0.458. The van der Waals surface area contributed by atoms with Gasteiger partial charge >= 0.3 is 12.2 Å². The number of H-pyrrole nitrogens is 1. The minimum atomic E-state index is -3.27. The van der Waals surface area contributed by atoms with Gasteiger partial charge in [-0.2, -0.15) is 8.78 Å². The lowest BCUT2D eigenvalue weighted by Gasteiger charge is -2.34. The molecule has 64 heavy (non-hydrogen) atoms. The third-order valence-electron chi connectivity index (χ3n) is 13.6. The van der Waals surface area contributed by atoms with Gasteiger partial charge in [-0.3, -0.25) is 14.6 Å². The molecule has 4 aliphatic heterocycles. The van der Waals surface area contributed by atoms with E-state index in [-0.39, 0.29) is 46.9 Å². The zero-order chi connectivity index (χ0) is 44.9. The number of carbonyl (C=O) groups excluding carboxylic acids is 4. The maximum absolute atomic E-state index is 16.6. The van der Waals surface area contributed by atoms with E-state index in [4.69, 9.17) is 19.2 Å². The van der Waals surface area contributed by atoms with E-state index in [1.807, 2.05) is 43.0 Å². The molecule has 3 aromatic carbocycles. The number of imidazole rings is 1. The number of carbonyl (C=O) groups is 4. The molecule has 0 bridgehead atoms. The van der Waals surface area contributed by atoms with Gasteiger partial charge in [0.2, 0.25) is 11.8 Å². The number of aromatic nitrogens is 2. The van der Waals surface area contributed by atoms with Gasteiger partial charge in [-0.05, 0) is 102 Å². The second kappa shape index (κ2) is 17.4. The van der Waals surface area contributed by atoms with Crippen molar-refractivity contribution in [1.82, 2.24) is 30.4 Å². The molecular formula is C48H53F2N7O7. The number of methoxy groups -OCH3 is 2. The van der Waals surface area contributed by atoms with Crippen LogP contribution < -0.4 is 10.6 Å². The number of hydrogen-bond acceptors (Lipinski definition) is 9. The number of alkyl carbamates (subject to hydrolysis) is 2. The highest BCUT2D eigenvalue weighted by atomic mass is 19.3. The average Bonchev–Trinajstić information content (AvgIpc) is 4.17. The van der Waals surface area contributed by atoms with Crippen LogP contribution >= 0.6 is 0 Å². The fourth-order valence-corrected chi connectivity index (χ4v) is 10.2. The molecule has 4 aromatic rings. The Morgan fingerprint density at radius 2 is 1.41 bits per heavy atom. The SMILES string of the molecule is COC(=O)N[C@H](C(=O)N1CCC[C@H]1c1ncc(-c2ccc3c(c2)C(F)(F)c2cc(-c4ccc5c(c4)CC([C@@H]4CCCN4C(=O)[C@@H](NC(=O)OC)C4CCOCC4)=N5)ccc2-3)[nH]1)C(C)C. The average molecular weight is 878 g/mol. The molecule has 3 fully saturated rings. The van der Waals surface area contributed by atoms with Crippen LogP contribution in [0.3, 0.4) is 0 Å². The van der Waals surface area contributed by atoms with E-state index in [2.05, 4.69) is 20.6 Å². The molecule has 4 amide bonds. The molecule has 0 saturated carbocycles. The molecule has 0 unspecified atom stereocenters.